The number of aromatic nitrogens is 1. The minimum Gasteiger partial charge on any atom is -0.493 e. The molecular formula is C21H25NO3. The summed E-state index contributed by atoms with van der Waals surface area (Å²) >= 11 is 0. The zero-order chi connectivity index (χ0) is 18.0. The van der Waals surface area contributed by atoms with Crippen molar-refractivity contribution in [2.75, 3.05) is 13.7 Å². The fraction of sp³-hybridized carbons (Fsp3) is 0.381. The second-order valence-corrected chi connectivity index (χ2v) is 6.54. The third-order valence-electron chi connectivity index (χ3n) is 4.48. The minimum atomic E-state index is -0.318. The maximum atomic E-state index is 11.9. The molecule has 3 aromatic rings. The first-order valence-corrected chi connectivity index (χ1v) is 8.86. The first-order valence-electron chi connectivity index (χ1n) is 8.86. The molecule has 0 aliphatic carbocycles. The Morgan fingerprint density at radius 1 is 1.16 bits per heavy atom. The van der Waals surface area contributed by atoms with E-state index in [2.05, 4.69) is 31.4 Å². The number of carbonyl (C=O) groups excluding carboxylic acids is 1. The van der Waals surface area contributed by atoms with Crippen molar-refractivity contribution < 1.29 is 14.3 Å². The number of rotatable bonds is 6. The average molecular weight is 339 g/mol. The van der Waals surface area contributed by atoms with Gasteiger partial charge in [-0.05, 0) is 44.5 Å². The lowest BCUT2D eigenvalue weighted by Crippen LogP contribution is -2.03. The van der Waals surface area contributed by atoms with E-state index in [4.69, 9.17) is 9.47 Å². The standard InChI is InChI=1S/C21H25NO3/c1-5-6-12-25-19-9-7-8-17-20(19)16-11-10-15(21(23)24-4)13-18(16)22(17)14(2)3/h7-11,13-14H,5-6,12H2,1-4H3. The van der Waals surface area contributed by atoms with Gasteiger partial charge in [0.1, 0.15) is 5.75 Å². The van der Waals surface area contributed by atoms with E-state index in [0.29, 0.717) is 12.2 Å². The van der Waals surface area contributed by atoms with Crippen molar-refractivity contribution in [3.8, 4) is 5.75 Å². The van der Waals surface area contributed by atoms with Gasteiger partial charge in [0.25, 0.3) is 0 Å². The Kier molecular flexibility index (Phi) is 4.98. The molecule has 0 amide bonds. The summed E-state index contributed by atoms with van der Waals surface area (Å²) in [5.74, 6) is 0.586. The van der Waals surface area contributed by atoms with E-state index in [9.17, 15) is 4.79 Å². The third-order valence-corrected chi connectivity index (χ3v) is 4.48. The minimum absolute atomic E-state index is 0.263. The molecule has 0 fully saturated rings. The Morgan fingerprint density at radius 2 is 1.96 bits per heavy atom. The number of methoxy groups -OCH3 is 1. The Labute approximate surface area is 148 Å². The lowest BCUT2D eigenvalue weighted by Gasteiger charge is -2.12. The monoisotopic (exact) mass is 339 g/mol. The number of esters is 1. The molecule has 0 radical (unpaired) electrons. The maximum absolute atomic E-state index is 11.9. The van der Waals surface area contributed by atoms with E-state index in [1.807, 2.05) is 30.3 Å². The maximum Gasteiger partial charge on any atom is 0.337 e. The van der Waals surface area contributed by atoms with Gasteiger partial charge in [-0.1, -0.05) is 25.5 Å². The molecule has 25 heavy (non-hydrogen) atoms. The van der Waals surface area contributed by atoms with Crippen molar-refractivity contribution in [3.05, 3.63) is 42.0 Å². The number of ether oxygens (including phenoxy) is 2. The lowest BCUT2D eigenvalue weighted by molar-refractivity contribution is 0.0601. The van der Waals surface area contributed by atoms with Crippen LogP contribution in [0.2, 0.25) is 0 Å². The molecule has 0 saturated heterocycles. The molecule has 1 aromatic heterocycles. The predicted molar refractivity (Wildman–Crippen MR) is 102 cm³/mol. The Bertz CT molecular complexity index is 908. The van der Waals surface area contributed by atoms with Crippen LogP contribution in [0.15, 0.2) is 36.4 Å². The number of benzene rings is 2. The Hall–Kier alpha value is -2.49. The van der Waals surface area contributed by atoms with Crippen LogP contribution in [-0.2, 0) is 4.74 Å². The van der Waals surface area contributed by atoms with Crippen LogP contribution in [-0.4, -0.2) is 24.3 Å². The summed E-state index contributed by atoms with van der Waals surface area (Å²) in [6.07, 6.45) is 2.14. The Balaban J connectivity index is 2.26. The number of fused-ring (bicyclic) bond motifs is 3. The lowest BCUT2D eigenvalue weighted by atomic mass is 10.1. The molecular weight excluding hydrogens is 314 g/mol. The highest BCUT2D eigenvalue weighted by molar-refractivity contribution is 6.12. The fourth-order valence-corrected chi connectivity index (χ4v) is 3.31. The summed E-state index contributed by atoms with van der Waals surface area (Å²) in [6, 6.07) is 12.2. The highest BCUT2D eigenvalue weighted by Gasteiger charge is 2.18. The van der Waals surface area contributed by atoms with Crippen molar-refractivity contribution in [2.45, 2.75) is 39.7 Å². The zero-order valence-corrected chi connectivity index (χ0v) is 15.3. The van der Waals surface area contributed by atoms with Gasteiger partial charge in [0.2, 0.25) is 0 Å². The van der Waals surface area contributed by atoms with Crippen molar-refractivity contribution >= 4 is 27.8 Å². The summed E-state index contributed by atoms with van der Waals surface area (Å²) in [7, 11) is 1.41. The number of nitrogens with zero attached hydrogens (tertiary/aromatic N) is 1. The van der Waals surface area contributed by atoms with Crippen molar-refractivity contribution in [1.82, 2.24) is 4.57 Å². The molecule has 0 saturated carbocycles. The quantitative estimate of drug-likeness (QED) is 0.449. The van der Waals surface area contributed by atoms with Gasteiger partial charge in [0.05, 0.1) is 30.3 Å². The topological polar surface area (TPSA) is 40.5 Å². The predicted octanol–water partition coefficient (Wildman–Crippen LogP) is 5.34. The van der Waals surface area contributed by atoms with Gasteiger partial charge in [-0.15, -0.1) is 0 Å². The summed E-state index contributed by atoms with van der Waals surface area (Å²) in [5, 5.41) is 2.21. The molecule has 0 atom stereocenters. The molecule has 4 nitrogen and oxygen atoms in total. The molecule has 0 aliphatic rings. The second kappa shape index (κ2) is 7.18. The van der Waals surface area contributed by atoms with Crippen LogP contribution < -0.4 is 4.74 Å². The fourth-order valence-electron chi connectivity index (χ4n) is 3.31. The molecule has 0 aliphatic heterocycles. The van der Waals surface area contributed by atoms with Crippen LogP contribution in [0, 0.1) is 0 Å². The highest BCUT2D eigenvalue weighted by atomic mass is 16.5. The van der Waals surface area contributed by atoms with E-state index in [0.717, 1.165) is 40.4 Å². The van der Waals surface area contributed by atoms with Gasteiger partial charge in [-0.3, -0.25) is 0 Å². The average Bonchev–Trinajstić information content (AvgIpc) is 2.95. The van der Waals surface area contributed by atoms with E-state index in [1.165, 1.54) is 7.11 Å². The summed E-state index contributed by atoms with van der Waals surface area (Å²) in [4.78, 5) is 11.9. The number of hydrogen-bond acceptors (Lipinski definition) is 3. The van der Waals surface area contributed by atoms with E-state index < -0.39 is 0 Å². The molecule has 0 unspecified atom stereocenters. The van der Waals surface area contributed by atoms with Crippen LogP contribution in [0.1, 0.15) is 50.0 Å². The first-order chi connectivity index (χ1) is 12.1. The van der Waals surface area contributed by atoms with E-state index in [1.54, 1.807) is 0 Å². The van der Waals surface area contributed by atoms with Crippen molar-refractivity contribution in [1.29, 1.82) is 0 Å². The number of carbonyl (C=O) groups is 1. The highest BCUT2D eigenvalue weighted by Crippen LogP contribution is 2.38. The number of unbranched alkanes of at least 4 members (excludes halogenated alkanes) is 1. The van der Waals surface area contributed by atoms with Gasteiger partial charge in [0, 0.05) is 16.8 Å². The summed E-state index contributed by atoms with van der Waals surface area (Å²) in [5.41, 5.74) is 2.72. The number of hydrogen-bond donors (Lipinski definition) is 0. The van der Waals surface area contributed by atoms with Crippen LogP contribution in [0.5, 0.6) is 5.75 Å². The molecule has 0 N–H and O–H groups in total. The Morgan fingerprint density at radius 3 is 2.64 bits per heavy atom. The smallest absolute Gasteiger partial charge is 0.337 e. The van der Waals surface area contributed by atoms with Gasteiger partial charge >= 0.3 is 5.97 Å². The van der Waals surface area contributed by atoms with Gasteiger partial charge in [-0.2, -0.15) is 0 Å². The SMILES string of the molecule is CCCCOc1cccc2c1c1ccc(C(=O)OC)cc1n2C(C)C. The van der Waals surface area contributed by atoms with Crippen molar-refractivity contribution in [3.63, 3.8) is 0 Å². The van der Waals surface area contributed by atoms with Gasteiger partial charge < -0.3 is 14.0 Å². The van der Waals surface area contributed by atoms with Crippen LogP contribution in [0.3, 0.4) is 0 Å². The molecule has 4 heteroatoms. The van der Waals surface area contributed by atoms with Crippen LogP contribution in [0.4, 0.5) is 0 Å². The molecule has 3 rings (SSSR count). The molecule has 0 spiro atoms. The van der Waals surface area contributed by atoms with Crippen molar-refractivity contribution in [2.24, 2.45) is 0 Å². The molecule has 0 bridgehead atoms. The molecule has 132 valence electrons. The van der Waals surface area contributed by atoms with Crippen LogP contribution >= 0.6 is 0 Å². The third kappa shape index (κ3) is 3.09. The zero-order valence-electron chi connectivity index (χ0n) is 15.3. The summed E-state index contributed by atoms with van der Waals surface area (Å²) < 4.78 is 13.2. The normalized spacial score (nSPS) is 11.4. The first kappa shape index (κ1) is 17.3. The van der Waals surface area contributed by atoms with Crippen LogP contribution in [0.25, 0.3) is 21.8 Å². The van der Waals surface area contributed by atoms with Gasteiger partial charge in [-0.25, -0.2) is 4.79 Å². The van der Waals surface area contributed by atoms with E-state index >= 15 is 0 Å². The molecule has 1 heterocycles. The van der Waals surface area contributed by atoms with Gasteiger partial charge in [0.15, 0.2) is 0 Å². The largest absolute Gasteiger partial charge is 0.493 e. The van der Waals surface area contributed by atoms with E-state index in [-0.39, 0.29) is 12.0 Å². The second-order valence-electron chi connectivity index (χ2n) is 6.54. The molecule has 2 aromatic carbocycles. The summed E-state index contributed by atoms with van der Waals surface area (Å²) in [6.45, 7) is 7.16.